The fourth-order valence-electron chi connectivity index (χ4n) is 1.77. The van der Waals surface area contributed by atoms with E-state index in [0.29, 0.717) is 0 Å². The molecule has 0 spiro atoms. The number of amides is 1. The lowest BCUT2D eigenvalue weighted by molar-refractivity contribution is -0.384. The second kappa shape index (κ2) is 4.93. The molecule has 1 amide bonds. The molecule has 0 aliphatic heterocycles. The first kappa shape index (κ1) is 12.8. The molecule has 6 heteroatoms. The van der Waals surface area contributed by atoms with Gasteiger partial charge in [-0.15, -0.1) is 0 Å². The average Bonchev–Trinajstić information content (AvgIpc) is 2.70. The molecule has 0 unspecified atom stereocenters. The lowest BCUT2D eigenvalue weighted by atomic mass is 10.2. The van der Waals surface area contributed by atoms with Gasteiger partial charge in [-0.05, 0) is 32.0 Å². The minimum atomic E-state index is -0.525. The minimum Gasteiger partial charge on any atom is -0.267 e. The van der Waals surface area contributed by atoms with Crippen LogP contribution in [-0.4, -0.2) is 15.5 Å². The van der Waals surface area contributed by atoms with Gasteiger partial charge in [-0.3, -0.25) is 25.0 Å². The van der Waals surface area contributed by atoms with E-state index < -0.39 is 4.92 Å². The van der Waals surface area contributed by atoms with E-state index in [1.807, 2.05) is 26.0 Å². The summed E-state index contributed by atoms with van der Waals surface area (Å²) in [5, 5.41) is 10.7. The molecule has 1 aromatic carbocycles. The number of benzene rings is 1. The quantitative estimate of drug-likeness (QED) is 0.679. The van der Waals surface area contributed by atoms with Crippen LogP contribution in [0.1, 0.15) is 21.7 Å². The SMILES string of the molecule is Cc1ccc(C)n1NC(=O)c1cccc([N+](=O)[O-])c1. The highest BCUT2D eigenvalue weighted by molar-refractivity contribution is 6.00. The lowest BCUT2D eigenvalue weighted by Crippen LogP contribution is -2.24. The molecule has 0 radical (unpaired) electrons. The van der Waals surface area contributed by atoms with E-state index in [9.17, 15) is 14.9 Å². The number of nitrogens with one attached hydrogen (secondary N) is 1. The van der Waals surface area contributed by atoms with Gasteiger partial charge in [0.05, 0.1) is 4.92 Å². The highest BCUT2D eigenvalue weighted by atomic mass is 16.6. The van der Waals surface area contributed by atoms with Crippen LogP contribution in [0.25, 0.3) is 0 Å². The molecule has 0 fully saturated rings. The molecule has 0 saturated heterocycles. The molecular formula is C13H13N3O3. The van der Waals surface area contributed by atoms with Gasteiger partial charge in [0.25, 0.3) is 11.6 Å². The van der Waals surface area contributed by atoms with Crippen molar-refractivity contribution < 1.29 is 9.72 Å². The Morgan fingerprint density at radius 1 is 1.21 bits per heavy atom. The molecule has 0 aliphatic carbocycles. The van der Waals surface area contributed by atoms with Gasteiger partial charge in [0.15, 0.2) is 0 Å². The van der Waals surface area contributed by atoms with E-state index >= 15 is 0 Å². The van der Waals surface area contributed by atoms with Crippen LogP contribution in [0.4, 0.5) is 5.69 Å². The van der Waals surface area contributed by atoms with Gasteiger partial charge >= 0.3 is 0 Å². The summed E-state index contributed by atoms with van der Waals surface area (Å²) in [5.74, 6) is -0.383. The lowest BCUT2D eigenvalue weighted by Gasteiger charge is -2.11. The van der Waals surface area contributed by atoms with E-state index in [0.717, 1.165) is 11.4 Å². The topological polar surface area (TPSA) is 77.2 Å². The molecule has 6 nitrogen and oxygen atoms in total. The Balaban J connectivity index is 2.25. The van der Waals surface area contributed by atoms with Crippen molar-refractivity contribution in [2.45, 2.75) is 13.8 Å². The van der Waals surface area contributed by atoms with E-state index in [2.05, 4.69) is 5.43 Å². The number of hydrogen-bond acceptors (Lipinski definition) is 3. The van der Waals surface area contributed by atoms with Crippen molar-refractivity contribution in [2.24, 2.45) is 0 Å². The fourth-order valence-corrected chi connectivity index (χ4v) is 1.77. The number of aryl methyl sites for hydroxylation is 2. The molecule has 0 saturated carbocycles. The Morgan fingerprint density at radius 2 is 1.84 bits per heavy atom. The zero-order valence-corrected chi connectivity index (χ0v) is 10.6. The third kappa shape index (κ3) is 2.62. The van der Waals surface area contributed by atoms with Crippen molar-refractivity contribution in [3.05, 3.63) is 63.5 Å². The van der Waals surface area contributed by atoms with Gasteiger partial charge in [0, 0.05) is 29.1 Å². The van der Waals surface area contributed by atoms with Gasteiger partial charge < -0.3 is 0 Å². The second-order valence-corrected chi connectivity index (χ2v) is 4.20. The predicted molar refractivity (Wildman–Crippen MR) is 70.7 cm³/mol. The summed E-state index contributed by atoms with van der Waals surface area (Å²) in [7, 11) is 0. The van der Waals surface area contributed by atoms with Crippen molar-refractivity contribution in [3.63, 3.8) is 0 Å². The number of nitrogens with zero attached hydrogens (tertiary/aromatic N) is 2. The molecule has 0 bridgehead atoms. The molecule has 0 atom stereocenters. The van der Waals surface area contributed by atoms with E-state index in [1.165, 1.54) is 24.3 Å². The molecule has 1 N–H and O–H groups in total. The molecule has 98 valence electrons. The Bertz CT molecular complexity index is 627. The summed E-state index contributed by atoms with van der Waals surface area (Å²) in [6, 6.07) is 9.39. The Morgan fingerprint density at radius 3 is 2.42 bits per heavy atom. The maximum absolute atomic E-state index is 12.0. The summed E-state index contributed by atoms with van der Waals surface area (Å²) < 4.78 is 1.64. The predicted octanol–water partition coefficient (Wildman–Crippen LogP) is 2.40. The number of hydrogen-bond donors (Lipinski definition) is 1. The van der Waals surface area contributed by atoms with Gasteiger partial charge in [-0.2, -0.15) is 0 Å². The standard InChI is InChI=1S/C13H13N3O3/c1-9-6-7-10(2)15(9)14-13(17)11-4-3-5-12(8-11)16(18)19/h3-8H,1-2H3,(H,14,17). The number of carbonyl (C=O) groups is 1. The summed E-state index contributed by atoms with van der Waals surface area (Å²) in [4.78, 5) is 22.2. The van der Waals surface area contributed by atoms with Gasteiger partial charge in [-0.25, -0.2) is 0 Å². The Labute approximate surface area is 109 Å². The van der Waals surface area contributed by atoms with Crippen molar-refractivity contribution in [2.75, 3.05) is 5.43 Å². The Kier molecular flexibility index (Phi) is 3.33. The minimum absolute atomic E-state index is 0.103. The third-order valence-corrected chi connectivity index (χ3v) is 2.80. The molecule has 2 aromatic rings. The van der Waals surface area contributed by atoms with E-state index in [1.54, 1.807) is 4.68 Å². The summed E-state index contributed by atoms with van der Waals surface area (Å²) in [5.41, 5.74) is 4.62. The van der Waals surface area contributed by atoms with Crippen molar-refractivity contribution in [1.29, 1.82) is 0 Å². The van der Waals surface area contributed by atoms with Crippen molar-refractivity contribution in [3.8, 4) is 0 Å². The molecule has 1 aromatic heterocycles. The smallest absolute Gasteiger partial charge is 0.267 e. The van der Waals surface area contributed by atoms with Gasteiger partial charge in [-0.1, -0.05) is 6.07 Å². The number of carbonyl (C=O) groups excluding carboxylic acids is 1. The maximum atomic E-state index is 12.0. The average molecular weight is 259 g/mol. The van der Waals surface area contributed by atoms with E-state index in [-0.39, 0.29) is 17.2 Å². The van der Waals surface area contributed by atoms with Crippen molar-refractivity contribution >= 4 is 11.6 Å². The molecule has 2 rings (SSSR count). The number of nitro benzene ring substituents is 1. The van der Waals surface area contributed by atoms with Crippen LogP contribution in [-0.2, 0) is 0 Å². The van der Waals surface area contributed by atoms with Crippen LogP contribution in [0.2, 0.25) is 0 Å². The highest BCUT2D eigenvalue weighted by Gasteiger charge is 2.12. The van der Waals surface area contributed by atoms with E-state index in [4.69, 9.17) is 0 Å². The first-order chi connectivity index (χ1) is 8.99. The normalized spacial score (nSPS) is 10.2. The van der Waals surface area contributed by atoms with Crippen LogP contribution in [0, 0.1) is 24.0 Å². The number of nitro groups is 1. The van der Waals surface area contributed by atoms with Crippen LogP contribution >= 0.6 is 0 Å². The third-order valence-electron chi connectivity index (χ3n) is 2.80. The Hall–Kier alpha value is -2.63. The molecule has 19 heavy (non-hydrogen) atoms. The van der Waals surface area contributed by atoms with Crippen LogP contribution in [0.5, 0.6) is 0 Å². The first-order valence-electron chi connectivity index (χ1n) is 5.70. The van der Waals surface area contributed by atoms with Crippen LogP contribution in [0.15, 0.2) is 36.4 Å². The second-order valence-electron chi connectivity index (χ2n) is 4.20. The zero-order chi connectivity index (χ0) is 14.0. The number of aromatic nitrogens is 1. The summed E-state index contributed by atoms with van der Waals surface area (Å²) in [6.45, 7) is 3.72. The summed E-state index contributed by atoms with van der Waals surface area (Å²) in [6.07, 6.45) is 0. The monoisotopic (exact) mass is 259 g/mol. The maximum Gasteiger partial charge on any atom is 0.270 e. The molecule has 1 heterocycles. The number of non-ortho nitro benzene ring substituents is 1. The zero-order valence-electron chi connectivity index (χ0n) is 10.6. The molecule has 0 aliphatic rings. The highest BCUT2D eigenvalue weighted by Crippen LogP contribution is 2.13. The van der Waals surface area contributed by atoms with Gasteiger partial charge in [0.2, 0.25) is 0 Å². The van der Waals surface area contributed by atoms with Crippen LogP contribution < -0.4 is 5.43 Å². The van der Waals surface area contributed by atoms with Crippen molar-refractivity contribution in [1.82, 2.24) is 4.68 Å². The van der Waals surface area contributed by atoms with Crippen LogP contribution in [0.3, 0.4) is 0 Å². The largest absolute Gasteiger partial charge is 0.270 e. The molecular weight excluding hydrogens is 246 g/mol. The van der Waals surface area contributed by atoms with Gasteiger partial charge in [0.1, 0.15) is 0 Å². The number of rotatable bonds is 3. The first-order valence-corrected chi connectivity index (χ1v) is 5.70. The summed E-state index contributed by atoms with van der Waals surface area (Å²) >= 11 is 0. The fraction of sp³-hybridized carbons (Fsp3) is 0.154.